The molecule has 2 aromatic heterocycles. The third-order valence-electron chi connectivity index (χ3n) is 6.55. The maximum Gasteiger partial charge on any atom is 0.573 e. The molecule has 37 heavy (non-hydrogen) atoms. The largest absolute Gasteiger partial charge is 0.658 e. The number of carboxylic acid groups (broad SMARTS) is 1. The van der Waals surface area contributed by atoms with Gasteiger partial charge in [-0.2, -0.15) is 0 Å². The number of hydrogen-bond donors (Lipinski definition) is 2. The zero-order chi connectivity index (χ0) is 26.6. The molecule has 0 amide bonds. The number of rotatable bonds is 9. The highest BCUT2D eigenvalue weighted by molar-refractivity contribution is 5.84. The third kappa shape index (κ3) is 7.56. The number of H-pyrrole nitrogens is 1. The van der Waals surface area contributed by atoms with Crippen LogP contribution in [0.3, 0.4) is 0 Å². The van der Waals surface area contributed by atoms with Gasteiger partial charge in [0.2, 0.25) is 0 Å². The lowest BCUT2D eigenvalue weighted by Crippen LogP contribution is -2.24. The van der Waals surface area contributed by atoms with Gasteiger partial charge in [-0.25, -0.2) is 14.8 Å². The summed E-state index contributed by atoms with van der Waals surface area (Å²) in [6, 6.07) is 6.05. The van der Waals surface area contributed by atoms with Gasteiger partial charge in [0.05, 0.1) is 6.33 Å². The summed E-state index contributed by atoms with van der Waals surface area (Å²) in [4.78, 5) is 23.9. The lowest BCUT2D eigenvalue weighted by Gasteiger charge is -2.23. The second-order valence-corrected chi connectivity index (χ2v) is 9.38. The molecule has 3 aromatic rings. The molecular weight excluding hydrogens is 489 g/mol. The van der Waals surface area contributed by atoms with Crippen molar-refractivity contribution in [1.82, 2.24) is 24.4 Å². The third-order valence-corrected chi connectivity index (χ3v) is 6.55. The van der Waals surface area contributed by atoms with Gasteiger partial charge in [0.15, 0.2) is 5.69 Å². The van der Waals surface area contributed by atoms with E-state index >= 15 is 0 Å². The Kier molecular flexibility index (Phi) is 8.18. The fourth-order valence-corrected chi connectivity index (χ4v) is 4.75. The summed E-state index contributed by atoms with van der Waals surface area (Å²) in [5, 5.41) is 12.9. The molecule has 1 saturated heterocycles. The van der Waals surface area contributed by atoms with Crippen molar-refractivity contribution in [3.63, 3.8) is 0 Å². The van der Waals surface area contributed by atoms with Crippen LogP contribution in [0.15, 0.2) is 43.0 Å². The van der Waals surface area contributed by atoms with Gasteiger partial charge in [-0.05, 0) is 24.0 Å². The van der Waals surface area contributed by atoms with E-state index in [9.17, 15) is 18.0 Å². The Bertz CT molecular complexity index is 1180. The van der Waals surface area contributed by atoms with Gasteiger partial charge in [-0.1, -0.05) is 30.5 Å². The van der Waals surface area contributed by atoms with Crippen molar-refractivity contribution < 1.29 is 27.8 Å². The minimum Gasteiger partial charge on any atom is -0.658 e. The Morgan fingerprint density at radius 1 is 1.27 bits per heavy atom. The molecule has 5 rings (SSSR count). The van der Waals surface area contributed by atoms with E-state index in [0.29, 0.717) is 24.3 Å². The number of aryl methyl sites for hydroxylation is 2. The van der Waals surface area contributed by atoms with Crippen molar-refractivity contribution in [2.24, 2.45) is 24.8 Å². The van der Waals surface area contributed by atoms with Crippen LogP contribution in [0.1, 0.15) is 34.5 Å². The van der Waals surface area contributed by atoms with Gasteiger partial charge < -0.3 is 24.7 Å². The fraction of sp³-hybridized carbons (Fsp3) is 0.480. The standard InChI is InChI=1S/C20H24F3N4O.C5H6N2O2/c1-2-19-25-8-14(26-19)10-27-11-17-16(18(17)12-27)9-24-7-13-4-3-5-15(6-13)28-20(21,22)23;1-7-2-4(5(8)9)6-3-7/h3-6,8,16-18H,2,7,9-12H2,1H3,(H,25,26);2-3H,1H3,(H,8,9)/q-1;. The molecule has 2 unspecified atom stereocenters. The number of halogens is 3. The van der Waals surface area contributed by atoms with E-state index in [1.807, 2.05) is 6.20 Å². The topological polar surface area (TPSA) is 110 Å². The number of hydrogen-bond acceptors (Lipinski definition) is 5. The van der Waals surface area contributed by atoms with E-state index in [1.165, 1.54) is 30.4 Å². The molecule has 3 heterocycles. The van der Waals surface area contributed by atoms with E-state index in [2.05, 4.69) is 36.8 Å². The van der Waals surface area contributed by atoms with Crippen LogP contribution in [0.5, 0.6) is 5.75 Å². The van der Waals surface area contributed by atoms with E-state index in [1.54, 1.807) is 23.7 Å². The van der Waals surface area contributed by atoms with Crippen LogP contribution in [0, 0.1) is 17.8 Å². The van der Waals surface area contributed by atoms with Crippen molar-refractivity contribution in [3.8, 4) is 5.75 Å². The second kappa shape index (κ2) is 11.3. The number of nitrogens with zero attached hydrogens (tertiary/aromatic N) is 5. The van der Waals surface area contributed by atoms with E-state index in [4.69, 9.17) is 5.11 Å². The highest BCUT2D eigenvalue weighted by Crippen LogP contribution is 2.52. The lowest BCUT2D eigenvalue weighted by molar-refractivity contribution is -0.274. The zero-order valence-corrected chi connectivity index (χ0v) is 20.6. The van der Waals surface area contributed by atoms with Crippen LogP contribution in [-0.2, 0) is 26.6 Å². The van der Waals surface area contributed by atoms with Crippen LogP contribution >= 0.6 is 0 Å². The Morgan fingerprint density at radius 2 is 2.03 bits per heavy atom. The summed E-state index contributed by atoms with van der Waals surface area (Å²) in [7, 11) is 1.72. The average molecular weight is 520 g/mol. The fourth-order valence-electron chi connectivity index (χ4n) is 4.75. The first-order valence-corrected chi connectivity index (χ1v) is 12.1. The summed E-state index contributed by atoms with van der Waals surface area (Å²) in [6.45, 7) is 6.36. The quantitative estimate of drug-likeness (QED) is 0.438. The monoisotopic (exact) mass is 519 g/mol. The van der Waals surface area contributed by atoms with Crippen LogP contribution < -0.4 is 4.74 Å². The van der Waals surface area contributed by atoms with E-state index in [0.717, 1.165) is 44.0 Å². The first-order chi connectivity index (χ1) is 17.6. The van der Waals surface area contributed by atoms with Gasteiger partial charge in [0.25, 0.3) is 0 Å². The number of ether oxygens (including phenoxy) is 1. The van der Waals surface area contributed by atoms with Gasteiger partial charge in [-0.3, -0.25) is 4.90 Å². The summed E-state index contributed by atoms with van der Waals surface area (Å²) >= 11 is 0. The number of piperidine rings is 1. The highest BCUT2D eigenvalue weighted by Gasteiger charge is 2.53. The van der Waals surface area contributed by atoms with Crippen molar-refractivity contribution in [2.75, 3.05) is 19.6 Å². The smallest absolute Gasteiger partial charge is 0.573 e. The van der Waals surface area contributed by atoms with E-state index < -0.39 is 12.3 Å². The number of benzene rings is 1. The van der Waals surface area contributed by atoms with Crippen molar-refractivity contribution >= 4 is 5.97 Å². The molecule has 1 aliphatic heterocycles. The van der Waals surface area contributed by atoms with E-state index in [-0.39, 0.29) is 11.4 Å². The number of likely N-dealkylation sites (tertiary alicyclic amines) is 1. The Balaban J connectivity index is 0.000000301. The number of aromatic carboxylic acids is 1. The second-order valence-electron chi connectivity index (χ2n) is 9.38. The van der Waals surface area contributed by atoms with Crippen molar-refractivity contribution in [3.05, 3.63) is 71.1 Å². The Hall–Kier alpha value is -3.38. The molecule has 2 N–H and O–H groups in total. The maximum atomic E-state index is 12.3. The summed E-state index contributed by atoms with van der Waals surface area (Å²) in [5.74, 6) is 1.84. The Morgan fingerprint density at radius 3 is 2.59 bits per heavy atom. The number of nitrogens with one attached hydrogen (secondary N) is 1. The molecule has 200 valence electrons. The highest BCUT2D eigenvalue weighted by atomic mass is 19.4. The summed E-state index contributed by atoms with van der Waals surface area (Å²) < 4.78 is 42.5. The number of carbonyl (C=O) groups is 1. The normalized spacial score (nSPS) is 20.7. The number of aromatic amines is 1. The number of aromatic nitrogens is 4. The molecule has 2 atom stereocenters. The molecule has 0 bridgehead atoms. The molecule has 0 radical (unpaired) electrons. The number of fused-ring (bicyclic) bond motifs is 1. The molecule has 1 saturated carbocycles. The van der Waals surface area contributed by atoms with Crippen LogP contribution in [-0.4, -0.2) is 61.5 Å². The van der Waals surface area contributed by atoms with Crippen molar-refractivity contribution in [2.45, 2.75) is 32.8 Å². The SMILES string of the molecule is CCc1ncc(CN2CC3C(C[N-]Cc4cccc(OC(F)(F)F)c4)C3C2)[nH]1.Cn1cnc(C(=O)O)c1. The van der Waals surface area contributed by atoms with Gasteiger partial charge in [0.1, 0.15) is 11.6 Å². The van der Waals surface area contributed by atoms with Crippen LogP contribution in [0.2, 0.25) is 0 Å². The molecule has 2 fully saturated rings. The first-order valence-electron chi connectivity index (χ1n) is 12.1. The van der Waals surface area contributed by atoms with Gasteiger partial charge >= 0.3 is 12.3 Å². The minimum atomic E-state index is -4.67. The van der Waals surface area contributed by atoms with Crippen LogP contribution in [0.4, 0.5) is 13.2 Å². The molecule has 1 aromatic carbocycles. The first kappa shape index (κ1) is 26.7. The molecule has 2 aliphatic rings. The van der Waals surface area contributed by atoms with Crippen molar-refractivity contribution in [1.29, 1.82) is 0 Å². The molecule has 1 aliphatic carbocycles. The number of imidazole rings is 2. The molecule has 9 nitrogen and oxygen atoms in total. The van der Waals surface area contributed by atoms with Gasteiger partial charge in [0, 0.05) is 51.2 Å². The Labute approximate surface area is 212 Å². The number of alkyl halides is 3. The molecular formula is C25H30F3N6O3-. The summed E-state index contributed by atoms with van der Waals surface area (Å²) in [6.07, 6.45) is 1.07. The van der Waals surface area contributed by atoms with Crippen LogP contribution in [0.25, 0.3) is 5.32 Å². The predicted molar refractivity (Wildman–Crippen MR) is 129 cm³/mol. The molecule has 0 spiro atoms. The maximum absolute atomic E-state index is 12.3. The zero-order valence-electron chi connectivity index (χ0n) is 20.6. The average Bonchev–Trinajstić information content (AvgIpc) is 3.28. The number of carboxylic acids is 1. The predicted octanol–water partition coefficient (Wildman–Crippen LogP) is 4.24. The lowest BCUT2D eigenvalue weighted by atomic mass is 10.2. The van der Waals surface area contributed by atoms with Gasteiger partial charge in [-0.15, -0.1) is 26.3 Å². The molecule has 12 heteroatoms. The summed E-state index contributed by atoms with van der Waals surface area (Å²) in [5.41, 5.74) is 1.98. The minimum absolute atomic E-state index is 0.0810.